The minimum Gasteiger partial charge on any atom is -0.493 e. The quantitative estimate of drug-likeness (QED) is 0.391. The van der Waals surface area contributed by atoms with Crippen LogP contribution in [0.15, 0.2) is 36.4 Å². The molecule has 31 heavy (non-hydrogen) atoms. The fraction of sp³-hybridized carbons (Fsp3) is 0.190. The summed E-state index contributed by atoms with van der Waals surface area (Å²) in [6.45, 7) is 0. The summed E-state index contributed by atoms with van der Waals surface area (Å²) < 4.78 is 21.2. The second-order valence-corrected chi connectivity index (χ2v) is 7.27. The number of hydrogen-bond donors (Lipinski definition) is 1. The number of methoxy groups -OCH3 is 4. The summed E-state index contributed by atoms with van der Waals surface area (Å²) in [5.74, 6) is 0.188. The van der Waals surface area contributed by atoms with E-state index in [1.165, 1.54) is 46.6 Å². The maximum absolute atomic E-state index is 11.7. The minimum absolute atomic E-state index is 0.0808. The zero-order chi connectivity index (χ0) is 22.7. The zero-order valence-electron chi connectivity index (χ0n) is 17.1. The second kappa shape index (κ2) is 8.92. The molecule has 0 saturated heterocycles. The van der Waals surface area contributed by atoms with Gasteiger partial charge in [0.2, 0.25) is 5.75 Å². The van der Waals surface area contributed by atoms with Crippen molar-refractivity contribution in [2.75, 3.05) is 28.4 Å². The van der Waals surface area contributed by atoms with E-state index in [2.05, 4.69) is 0 Å². The molecular formula is C21H19NO8S. The molecule has 10 heteroatoms. The predicted molar refractivity (Wildman–Crippen MR) is 115 cm³/mol. The molecule has 1 heterocycles. The molecule has 0 bridgehead atoms. The molecule has 0 aliphatic rings. The van der Waals surface area contributed by atoms with Crippen LogP contribution in [0.4, 0.5) is 5.69 Å². The molecule has 0 aliphatic carbocycles. The molecule has 0 aliphatic heterocycles. The summed E-state index contributed by atoms with van der Waals surface area (Å²) >= 11 is 1.01. The molecule has 2 aromatic carbocycles. The highest BCUT2D eigenvalue weighted by Gasteiger charge is 2.23. The van der Waals surface area contributed by atoms with Gasteiger partial charge in [-0.3, -0.25) is 10.1 Å². The molecule has 3 aromatic rings. The highest BCUT2D eigenvalue weighted by Crippen LogP contribution is 2.46. The van der Waals surface area contributed by atoms with Crippen LogP contribution in [-0.4, -0.2) is 44.4 Å². The number of carbonyl (C=O) groups is 1. The molecule has 1 N–H and O–H groups in total. The molecule has 162 valence electrons. The molecule has 0 unspecified atom stereocenters. The van der Waals surface area contributed by atoms with E-state index in [1.807, 2.05) is 0 Å². The highest BCUT2D eigenvalue weighted by molar-refractivity contribution is 7.18. The predicted octanol–water partition coefficient (Wildman–Crippen LogP) is 4.72. The lowest BCUT2D eigenvalue weighted by Crippen LogP contribution is -1.96. The van der Waals surface area contributed by atoms with Gasteiger partial charge in [0.05, 0.1) is 33.4 Å². The number of nitro groups is 1. The first-order valence-corrected chi connectivity index (χ1v) is 9.66. The summed E-state index contributed by atoms with van der Waals surface area (Å²) in [6.07, 6.45) is 0. The summed E-state index contributed by atoms with van der Waals surface area (Å²) in [5, 5.41) is 21.0. The van der Waals surface area contributed by atoms with Crippen LogP contribution in [0, 0.1) is 10.1 Å². The molecule has 9 nitrogen and oxygen atoms in total. The third-order valence-electron chi connectivity index (χ3n) is 4.56. The van der Waals surface area contributed by atoms with Gasteiger partial charge in [0, 0.05) is 16.5 Å². The smallest absolute Gasteiger partial charge is 0.345 e. The average molecular weight is 445 g/mol. The van der Waals surface area contributed by atoms with E-state index in [1.54, 1.807) is 18.2 Å². The number of carboxylic acid groups (broad SMARTS) is 1. The molecule has 0 spiro atoms. The van der Waals surface area contributed by atoms with Crippen LogP contribution in [0.2, 0.25) is 0 Å². The van der Waals surface area contributed by atoms with E-state index in [9.17, 15) is 20.0 Å². The van der Waals surface area contributed by atoms with Gasteiger partial charge in [0.25, 0.3) is 0 Å². The van der Waals surface area contributed by atoms with Crippen molar-refractivity contribution >= 4 is 23.0 Å². The van der Waals surface area contributed by atoms with Crippen LogP contribution in [-0.2, 0) is 0 Å². The van der Waals surface area contributed by atoms with E-state index in [4.69, 9.17) is 18.9 Å². The topological polar surface area (TPSA) is 117 Å². The van der Waals surface area contributed by atoms with Gasteiger partial charge in [-0.25, -0.2) is 4.79 Å². The van der Waals surface area contributed by atoms with Crippen LogP contribution < -0.4 is 18.9 Å². The third kappa shape index (κ3) is 4.10. The first kappa shape index (κ1) is 21.9. The fourth-order valence-corrected chi connectivity index (χ4v) is 4.15. The van der Waals surface area contributed by atoms with Gasteiger partial charge in [-0.1, -0.05) is 0 Å². The van der Waals surface area contributed by atoms with Gasteiger partial charge < -0.3 is 24.1 Å². The monoisotopic (exact) mass is 445 g/mol. The SMILES string of the molecule is COc1ccc(-c2sc(C(=O)O)cc2-c2cc(OC)c(OC)c(OC)c2)cc1[N+](=O)[O-]. The lowest BCUT2D eigenvalue weighted by Gasteiger charge is -2.14. The van der Waals surface area contributed by atoms with E-state index in [0.29, 0.717) is 38.8 Å². The largest absolute Gasteiger partial charge is 0.493 e. The number of nitrogens with zero attached hydrogens (tertiary/aromatic N) is 1. The minimum atomic E-state index is -1.10. The number of nitro benzene ring substituents is 1. The summed E-state index contributed by atoms with van der Waals surface area (Å²) in [6, 6.07) is 9.38. The van der Waals surface area contributed by atoms with Crippen LogP contribution in [0.5, 0.6) is 23.0 Å². The van der Waals surface area contributed by atoms with Crippen molar-refractivity contribution in [1.29, 1.82) is 0 Å². The lowest BCUT2D eigenvalue weighted by atomic mass is 10.0. The maximum Gasteiger partial charge on any atom is 0.345 e. The molecule has 0 saturated carbocycles. The van der Waals surface area contributed by atoms with E-state index < -0.39 is 10.9 Å². The van der Waals surface area contributed by atoms with Crippen molar-refractivity contribution in [3.05, 3.63) is 51.4 Å². The first-order chi connectivity index (χ1) is 14.8. The third-order valence-corrected chi connectivity index (χ3v) is 5.73. The van der Waals surface area contributed by atoms with Gasteiger partial charge in [0.15, 0.2) is 17.2 Å². The van der Waals surface area contributed by atoms with E-state index in [0.717, 1.165) is 11.3 Å². The molecule has 1 aromatic heterocycles. The Bertz CT molecular complexity index is 1130. The lowest BCUT2D eigenvalue weighted by molar-refractivity contribution is -0.385. The number of benzene rings is 2. The number of rotatable bonds is 8. The Morgan fingerprint density at radius 2 is 1.52 bits per heavy atom. The number of ether oxygens (including phenoxy) is 4. The van der Waals surface area contributed by atoms with E-state index >= 15 is 0 Å². The standard InChI is InChI=1S/C21H19NO8S/c1-27-15-6-5-11(7-14(15)22(25)26)20-13(10-18(31-20)21(23)24)12-8-16(28-2)19(30-4)17(9-12)29-3/h5-10H,1-4H3,(H,23,24). The number of hydrogen-bond acceptors (Lipinski definition) is 8. The second-order valence-electron chi connectivity index (χ2n) is 6.22. The maximum atomic E-state index is 11.7. The highest BCUT2D eigenvalue weighted by atomic mass is 32.1. The summed E-state index contributed by atoms with van der Waals surface area (Å²) in [7, 11) is 5.78. The Hall–Kier alpha value is -3.79. The Morgan fingerprint density at radius 3 is 2.00 bits per heavy atom. The number of carboxylic acids is 1. The van der Waals surface area contributed by atoms with Crippen LogP contribution >= 0.6 is 11.3 Å². The molecular weight excluding hydrogens is 426 g/mol. The van der Waals surface area contributed by atoms with E-state index in [-0.39, 0.29) is 16.3 Å². The van der Waals surface area contributed by atoms with Crippen molar-refractivity contribution in [2.24, 2.45) is 0 Å². The summed E-state index contributed by atoms with van der Waals surface area (Å²) in [5.41, 5.74) is 1.42. The van der Waals surface area contributed by atoms with Gasteiger partial charge in [-0.05, 0) is 41.5 Å². The summed E-state index contributed by atoms with van der Waals surface area (Å²) in [4.78, 5) is 23.2. The Labute approximate surface area is 181 Å². The van der Waals surface area contributed by atoms with Crippen molar-refractivity contribution < 1.29 is 33.8 Å². The Kier molecular flexibility index (Phi) is 6.30. The Morgan fingerprint density at radius 1 is 0.903 bits per heavy atom. The normalized spacial score (nSPS) is 10.5. The van der Waals surface area contributed by atoms with Crippen LogP contribution in [0.1, 0.15) is 9.67 Å². The first-order valence-electron chi connectivity index (χ1n) is 8.84. The van der Waals surface area contributed by atoms with Gasteiger partial charge >= 0.3 is 11.7 Å². The van der Waals surface area contributed by atoms with Crippen molar-refractivity contribution in [1.82, 2.24) is 0 Å². The Balaban J connectivity index is 2.28. The van der Waals surface area contributed by atoms with Gasteiger partial charge in [0.1, 0.15) is 4.88 Å². The van der Waals surface area contributed by atoms with Crippen LogP contribution in [0.25, 0.3) is 21.6 Å². The van der Waals surface area contributed by atoms with Crippen molar-refractivity contribution in [2.45, 2.75) is 0 Å². The molecule has 0 radical (unpaired) electrons. The average Bonchev–Trinajstić information content (AvgIpc) is 3.23. The number of thiophene rings is 1. The van der Waals surface area contributed by atoms with Crippen molar-refractivity contribution in [3.63, 3.8) is 0 Å². The van der Waals surface area contributed by atoms with Crippen molar-refractivity contribution in [3.8, 4) is 44.6 Å². The molecule has 0 amide bonds. The number of aromatic carboxylic acids is 1. The van der Waals surface area contributed by atoms with Crippen LogP contribution in [0.3, 0.4) is 0 Å². The van der Waals surface area contributed by atoms with Gasteiger partial charge in [-0.2, -0.15) is 0 Å². The van der Waals surface area contributed by atoms with Gasteiger partial charge in [-0.15, -0.1) is 11.3 Å². The molecule has 0 atom stereocenters. The molecule has 0 fully saturated rings. The zero-order valence-corrected chi connectivity index (χ0v) is 17.9. The molecule has 3 rings (SSSR count). The fourth-order valence-electron chi connectivity index (χ4n) is 3.14.